The first-order chi connectivity index (χ1) is 14.7. The van der Waals surface area contributed by atoms with Crippen LogP contribution in [0, 0.1) is 5.41 Å². The second-order valence-corrected chi connectivity index (χ2v) is 7.66. The fourth-order valence-corrected chi connectivity index (χ4v) is 3.27. The van der Waals surface area contributed by atoms with Crippen molar-refractivity contribution in [3.05, 3.63) is 89.5 Å². The van der Waals surface area contributed by atoms with Gasteiger partial charge >= 0.3 is 0 Å². The molecule has 0 radical (unpaired) electrons. The SMILES string of the molecule is CSc1ccc(C(=N)COc2ccc(COc3ccc(CCC=O)cc3)cc2)cc1. The molecule has 0 spiro atoms. The van der Waals surface area contributed by atoms with Crippen molar-refractivity contribution in [2.24, 2.45) is 0 Å². The predicted molar refractivity (Wildman–Crippen MR) is 122 cm³/mol. The summed E-state index contributed by atoms with van der Waals surface area (Å²) in [6.07, 6.45) is 4.26. The lowest BCUT2D eigenvalue weighted by Gasteiger charge is -2.10. The van der Waals surface area contributed by atoms with Crippen molar-refractivity contribution in [3.63, 3.8) is 0 Å². The van der Waals surface area contributed by atoms with Gasteiger partial charge in [-0.1, -0.05) is 36.4 Å². The topological polar surface area (TPSA) is 59.4 Å². The van der Waals surface area contributed by atoms with Crippen molar-refractivity contribution >= 4 is 23.8 Å². The first-order valence-corrected chi connectivity index (χ1v) is 11.0. The zero-order valence-corrected chi connectivity index (χ0v) is 17.8. The molecule has 0 fully saturated rings. The van der Waals surface area contributed by atoms with Crippen molar-refractivity contribution in [2.45, 2.75) is 24.3 Å². The van der Waals surface area contributed by atoms with Gasteiger partial charge in [-0.2, -0.15) is 0 Å². The molecule has 1 N–H and O–H groups in total. The maximum Gasteiger partial charge on any atom is 0.130 e. The van der Waals surface area contributed by atoms with Gasteiger partial charge in [-0.05, 0) is 65.8 Å². The molecule has 0 saturated carbocycles. The van der Waals surface area contributed by atoms with E-state index >= 15 is 0 Å². The minimum Gasteiger partial charge on any atom is -0.489 e. The Morgan fingerprint density at radius 3 is 2.07 bits per heavy atom. The summed E-state index contributed by atoms with van der Waals surface area (Å²) in [5.74, 6) is 1.52. The van der Waals surface area contributed by atoms with Gasteiger partial charge in [0, 0.05) is 11.3 Å². The van der Waals surface area contributed by atoms with Crippen LogP contribution in [0.15, 0.2) is 77.7 Å². The molecule has 0 atom stereocenters. The largest absolute Gasteiger partial charge is 0.489 e. The van der Waals surface area contributed by atoms with Gasteiger partial charge in [0.15, 0.2) is 0 Å². The normalized spacial score (nSPS) is 10.4. The minimum atomic E-state index is 0.227. The van der Waals surface area contributed by atoms with Gasteiger partial charge in [0.2, 0.25) is 0 Å². The highest BCUT2D eigenvalue weighted by molar-refractivity contribution is 7.98. The van der Waals surface area contributed by atoms with Crippen LogP contribution in [0.1, 0.15) is 23.1 Å². The molecule has 30 heavy (non-hydrogen) atoms. The van der Waals surface area contributed by atoms with E-state index in [9.17, 15) is 4.79 Å². The smallest absolute Gasteiger partial charge is 0.130 e. The Hall–Kier alpha value is -3.05. The van der Waals surface area contributed by atoms with E-state index in [1.807, 2.05) is 79.1 Å². The third-order valence-corrected chi connectivity index (χ3v) is 5.37. The number of aryl methyl sites for hydroxylation is 1. The third kappa shape index (κ3) is 6.49. The van der Waals surface area contributed by atoms with Crippen LogP contribution in [-0.4, -0.2) is 24.9 Å². The second kappa shape index (κ2) is 11.2. The van der Waals surface area contributed by atoms with Crippen LogP contribution in [0.4, 0.5) is 0 Å². The maximum absolute atomic E-state index is 10.4. The first kappa shape index (κ1) is 21.7. The molecule has 5 heteroatoms. The predicted octanol–water partition coefficient (Wildman–Crippen LogP) is 5.57. The van der Waals surface area contributed by atoms with Crippen molar-refractivity contribution < 1.29 is 14.3 Å². The van der Waals surface area contributed by atoms with E-state index in [0.717, 1.165) is 40.9 Å². The fourth-order valence-electron chi connectivity index (χ4n) is 2.86. The Labute approximate surface area is 181 Å². The van der Waals surface area contributed by atoms with Gasteiger partial charge in [-0.25, -0.2) is 0 Å². The molecule has 0 unspecified atom stereocenters. The van der Waals surface area contributed by atoms with Crippen LogP contribution in [0.5, 0.6) is 11.5 Å². The molecular weight excluding hydrogens is 394 g/mol. The van der Waals surface area contributed by atoms with Crippen molar-refractivity contribution in [1.82, 2.24) is 0 Å². The summed E-state index contributed by atoms with van der Waals surface area (Å²) in [6, 6.07) is 23.5. The quantitative estimate of drug-likeness (QED) is 0.251. The number of hydrogen-bond donors (Lipinski definition) is 1. The van der Waals surface area contributed by atoms with Crippen LogP contribution in [-0.2, 0) is 17.8 Å². The molecule has 0 aliphatic rings. The number of carbonyl (C=O) groups is 1. The van der Waals surface area contributed by atoms with Crippen LogP contribution in [0.2, 0.25) is 0 Å². The van der Waals surface area contributed by atoms with Crippen LogP contribution in [0.3, 0.4) is 0 Å². The number of benzene rings is 3. The van der Waals surface area contributed by atoms with E-state index in [-0.39, 0.29) is 6.61 Å². The molecule has 0 bridgehead atoms. The molecule has 0 aliphatic carbocycles. The molecule has 3 aromatic rings. The van der Waals surface area contributed by atoms with Gasteiger partial charge in [0.05, 0.1) is 5.71 Å². The van der Waals surface area contributed by atoms with Gasteiger partial charge in [-0.3, -0.25) is 0 Å². The second-order valence-electron chi connectivity index (χ2n) is 6.78. The number of nitrogens with one attached hydrogen (secondary N) is 1. The molecular formula is C25H25NO3S. The van der Waals surface area contributed by atoms with Gasteiger partial charge in [0.1, 0.15) is 31.0 Å². The van der Waals surface area contributed by atoms with Crippen molar-refractivity contribution in [3.8, 4) is 11.5 Å². The molecule has 0 saturated heterocycles. The summed E-state index contributed by atoms with van der Waals surface area (Å²) >= 11 is 1.68. The van der Waals surface area contributed by atoms with E-state index in [1.54, 1.807) is 11.8 Å². The Morgan fingerprint density at radius 1 is 0.867 bits per heavy atom. The Morgan fingerprint density at radius 2 is 1.47 bits per heavy atom. The van der Waals surface area contributed by atoms with E-state index in [1.165, 1.54) is 4.90 Å². The van der Waals surface area contributed by atoms with E-state index in [4.69, 9.17) is 14.9 Å². The summed E-state index contributed by atoms with van der Waals surface area (Å²) in [6.45, 7) is 0.691. The van der Waals surface area contributed by atoms with Gasteiger partial charge in [-0.15, -0.1) is 11.8 Å². The van der Waals surface area contributed by atoms with E-state index in [2.05, 4.69) is 0 Å². The molecule has 3 rings (SSSR count). The molecule has 0 aliphatic heterocycles. The lowest BCUT2D eigenvalue weighted by molar-refractivity contribution is -0.107. The average Bonchev–Trinajstić information content (AvgIpc) is 2.81. The van der Waals surface area contributed by atoms with Gasteiger partial charge in [0.25, 0.3) is 0 Å². The van der Waals surface area contributed by atoms with Gasteiger partial charge < -0.3 is 19.7 Å². The molecule has 3 aromatic carbocycles. The number of aldehydes is 1. The summed E-state index contributed by atoms with van der Waals surface area (Å²) < 4.78 is 11.6. The molecule has 4 nitrogen and oxygen atoms in total. The number of ether oxygens (including phenoxy) is 2. The number of carbonyl (C=O) groups excluding carboxylic acids is 1. The molecule has 0 amide bonds. The summed E-state index contributed by atoms with van der Waals surface area (Å²) in [5, 5.41) is 8.19. The summed E-state index contributed by atoms with van der Waals surface area (Å²) in [5.41, 5.74) is 3.48. The van der Waals surface area contributed by atoms with Crippen molar-refractivity contribution in [2.75, 3.05) is 12.9 Å². The lowest BCUT2D eigenvalue weighted by atomic mass is 10.1. The highest BCUT2D eigenvalue weighted by atomic mass is 32.2. The molecule has 0 aromatic heterocycles. The average molecular weight is 420 g/mol. The van der Waals surface area contributed by atoms with Crippen LogP contribution < -0.4 is 9.47 Å². The number of thioether (sulfide) groups is 1. The summed E-state index contributed by atoms with van der Waals surface area (Å²) in [4.78, 5) is 11.6. The third-order valence-electron chi connectivity index (χ3n) is 4.62. The molecule has 154 valence electrons. The molecule has 0 heterocycles. The zero-order chi connectivity index (χ0) is 21.2. The highest BCUT2D eigenvalue weighted by Gasteiger charge is 2.04. The summed E-state index contributed by atoms with van der Waals surface area (Å²) in [7, 11) is 0. The number of rotatable bonds is 11. The Kier molecular flexibility index (Phi) is 8.10. The fraction of sp³-hybridized carbons (Fsp3) is 0.200. The number of hydrogen-bond acceptors (Lipinski definition) is 5. The highest BCUT2D eigenvalue weighted by Crippen LogP contribution is 2.18. The Balaban J connectivity index is 1.46. The van der Waals surface area contributed by atoms with Crippen LogP contribution in [0.25, 0.3) is 0 Å². The van der Waals surface area contributed by atoms with Crippen LogP contribution >= 0.6 is 11.8 Å². The standard InChI is InChI=1S/C25H25NO3S/c1-30-24-14-8-21(9-15-24)25(26)18-29-23-12-6-20(7-13-23)17-28-22-10-4-19(5-11-22)3-2-16-27/h4-16,26H,2-3,17-18H2,1H3. The zero-order valence-electron chi connectivity index (χ0n) is 17.0. The monoisotopic (exact) mass is 419 g/mol. The Bertz CT molecular complexity index is 951. The lowest BCUT2D eigenvalue weighted by Crippen LogP contribution is -2.11. The first-order valence-electron chi connectivity index (χ1n) is 9.77. The maximum atomic E-state index is 10.4. The van der Waals surface area contributed by atoms with E-state index < -0.39 is 0 Å². The van der Waals surface area contributed by atoms with E-state index in [0.29, 0.717) is 18.7 Å². The van der Waals surface area contributed by atoms with Crippen molar-refractivity contribution in [1.29, 1.82) is 5.41 Å². The minimum absolute atomic E-state index is 0.227.